The molecule has 0 spiro atoms. The van der Waals surface area contributed by atoms with Gasteiger partial charge in [-0.05, 0) is 70.2 Å². The van der Waals surface area contributed by atoms with Crippen LogP contribution in [0, 0.1) is 13.8 Å². The summed E-state index contributed by atoms with van der Waals surface area (Å²) in [5, 5.41) is 3.84. The minimum atomic E-state index is 0.974. The number of benzene rings is 4. The molecule has 2 nitrogen and oxygen atoms in total. The number of nitrogens with zero attached hydrogens (tertiary/aromatic N) is 2. The van der Waals surface area contributed by atoms with Crippen molar-refractivity contribution < 1.29 is 0 Å². The average Bonchev–Trinajstić information content (AvgIpc) is 3.50. The molecule has 2 aromatic heterocycles. The van der Waals surface area contributed by atoms with E-state index < -0.39 is 0 Å². The lowest BCUT2D eigenvalue weighted by Gasteiger charge is -2.14. The highest BCUT2D eigenvalue weighted by molar-refractivity contribution is 6.14. The van der Waals surface area contributed by atoms with Gasteiger partial charge in [0, 0.05) is 22.9 Å². The van der Waals surface area contributed by atoms with Crippen molar-refractivity contribution in [2.45, 2.75) is 26.7 Å². The van der Waals surface area contributed by atoms with Crippen LogP contribution in [-0.2, 0) is 12.8 Å². The third-order valence-electron chi connectivity index (χ3n) is 7.99. The van der Waals surface area contributed by atoms with Crippen molar-refractivity contribution >= 4 is 27.3 Å². The molecule has 6 aromatic rings. The molecular formula is C31H22N2. The zero-order valence-corrected chi connectivity index (χ0v) is 18.7. The van der Waals surface area contributed by atoms with Gasteiger partial charge in [0.2, 0.25) is 0 Å². The normalized spacial score (nSPS) is 13.5. The van der Waals surface area contributed by atoms with E-state index >= 15 is 0 Å². The maximum atomic E-state index is 5.02. The van der Waals surface area contributed by atoms with Crippen LogP contribution in [-0.4, -0.2) is 9.38 Å². The van der Waals surface area contributed by atoms with Crippen molar-refractivity contribution in [3.8, 4) is 22.3 Å². The largest absolute Gasteiger partial charge is 0.296 e. The number of hydrogen-bond acceptors (Lipinski definition) is 1. The molecule has 8 rings (SSSR count). The Balaban J connectivity index is 1.55. The molecule has 0 N–H and O–H groups in total. The van der Waals surface area contributed by atoms with Crippen LogP contribution in [0.4, 0.5) is 0 Å². The second-order valence-corrected chi connectivity index (χ2v) is 9.62. The summed E-state index contributed by atoms with van der Waals surface area (Å²) in [5.74, 6) is 0. The van der Waals surface area contributed by atoms with E-state index in [4.69, 9.17) is 4.98 Å². The molecule has 2 aliphatic rings. The monoisotopic (exact) mass is 422 g/mol. The summed E-state index contributed by atoms with van der Waals surface area (Å²) in [6, 6.07) is 27.1. The fourth-order valence-electron chi connectivity index (χ4n) is 6.41. The van der Waals surface area contributed by atoms with Crippen LogP contribution in [0.15, 0.2) is 72.8 Å². The molecule has 0 saturated heterocycles. The van der Waals surface area contributed by atoms with Crippen molar-refractivity contribution in [3.63, 3.8) is 0 Å². The highest BCUT2D eigenvalue weighted by Crippen LogP contribution is 2.51. The van der Waals surface area contributed by atoms with E-state index in [1.807, 2.05) is 0 Å². The molecule has 4 aromatic carbocycles. The molecule has 156 valence electrons. The number of rotatable bonds is 0. The van der Waals surface area contributed by atoms with Gasteiger partial charge in [0.1, 0.15) is 5.65 Å². The Hall–Kier alpha value is -3.91. The third kappa shape index (κ3) is 2.07. The van der Waals surface area contributed by atoms with Gasteiger partial charge in [-0.1, -0.05) is 72.8 Å². The summed E-state index contributed by atoms with van der Waals surface area (Å²) in [7, 11) is 0. The molecular weight excluding hydrogens is 400 g/mol. The first kappa shape index (κ1) is 17.6. The summed E-state index contributed by atoms with van der Waals surface area (Å²) in [4.78, 5) is 5.02. The molecule has 0 saturated carbocycles. The van der Waals surface area contributed by atoms with E-state index in [1.54, 1.807) is 0 Å². The summed E-state index contributed by atoms with van der Waals surface area (Å²) < 4.78 is 2.42. The SMILES string of the molecule is Cc1nc2c3ccccc3c3ccc4c(c3n2c1C)Cc1ccc2c(c1-4)-c1ccccc1C2. The first-order valence-corrected chi connectivity index (χ1v) is 11.8. The number of aryl methyl sites for hydroxylation is 2. The number of hydrogen-bond donors (Lipinski definition) is 0. The minimum absolute atomic E-state index is 0.974. The molecule has 33 heavy (non-hydrogen) atoms. The summed E-state index contributed by atoms with van der Waals surface area (Å²) in [6.45, 7) is 4.34. The van der Waals surface area contributed by atoms with Gasteiger partial charge in [-0.2, -0.15) is 0 Å². The zero-order valence-electron chi connectivity index (χ0n) is 18.7. The molecule has 2 aliphatic carbocycles. The molecule has 0 aliphatic heterocycles. The Bertz CT molecular complexity index is 1830. The van der Waals surface area contributed by atoms with Crippen LogP contribution in [0.3, 0.4) is 0 Å². The van der Waals surface area contributed by atoms with Gasteiger partial charge < -0.3 is 0 Å². The molecule has 0 radical (unpaired) electrons. The fraction of sp³-hybridized carbons (Fsp3) is 0.129. The minimum Gasteiger partial charge on any atom is -0.296 e. The van der Waals surface area contributed by atoms with E-state index in [0.29, 0.717) is 0 Å². The lowest BCUT2D eigenvalue weighted by Crippen LogP contribution is -1.97. The number of imidazole rings is 1. The highest BCUT2D eigenvalue weighted by atomic mass is 15.0. The Labute approximate surface area is 192 Å². The van der Waals surface area contributed by atoms with E-state index in [2.05, 4.69) is 91.0 Å². The van der Waals surface area contributed by atoms with Gasteiger partial charge in [-0.15, -0.1) is 0 Å². The van der Waals surface area contributed by atoms with Crippen LogP contribution in [0.1, 0.15) is 33.6 Å². The molecule has 0 amide bonds. The predicted octanol–water partition coefficient (Wildman–Crippen LogP) is 7.40. The first-order valence-electron chi connectivity index (χ1n) is 11.8. The molecule has 0 bridgehead atoms. The molecule has 0 fully saturated rings. The molecule has 0 unspecified atom stereocenters. The van der Waals surface area contributed by atoms with Crippen molar-refractivity contribution in [1.29, 1.82) is 0 Å². The van der Waals surface area contributed by atoms with Crippen molar-refractivity contribution in [1.82, 2.24) is 9.38 Å². The molecule has 2 heterocycles. The summed E-state index contributed by atoms with van der Waals surface area (Å²) in [6.07, 6.45) is 2.01. The predicted molar refractivity (Wildman–Crippen MR) is 136 cm³/mol. The summed E-state index contributed by atoms with van der Waals surface area (Å²) >= 11 is 0. The highest BCUT2D eigenvalue weighted by Gasteiger charge is 2.30. The maximum Gasteiger partial charge on any atom is 0.145 e. The van der Waals surface area contributed by atoms with Crippen LogP contribution in [0.5, 0.6) is 0 Å². The third-order valence-corrected chi connectivity index (χ3v) is 7.99. The first-order chi connectivity index (χ1) is 16.2. The van der Waals surface area contributed by atoms with Crippen molar-refractivity contribution in [2.24, 2.45) is 0 Å². The second-order valence-electron chi connectivity index (χ2n) is 9.62. The van der Waals surface area contributed by atoms with Gasteiger partial charge in [-0.3, -0.25) is 4.40 Å². The van der Waals surface area contributed by atoms with Gasteiger partial charge in [0.25, 0.3) is 0 Å². The van der Waals surface area contributed by atoms with Gasteiger partial charge >= 0.3 is 0 Å². The van der Waals surface area contributed by atoms with E-state index in [-0.39, 0.29) is 0 Å². The lowest BCUT2D eigenvalue weighted by molar-refractivity contribution is 1.13. The zero-order chi connectivity index (χ0) is 21.8. The van der Waals surface area contributed by atoms with Gasteiger partial charge in [0.05, 0.1) is 11.2 Å². The quantitative estimate of drug-likeness (QED) is 0.233. The van der Waals surface area contributed by atoms with Crippen molar-refractivity contribution in [2.75, 3.05) is 0 Å². The van der Waals surface area contributed by atoms with Gasteiger partial charge in [0.15, 0.2) is 0 Å². The average molecular weight is 423 g/mol. The number of pyridine rings is 1. The van der Waals surface area contributed by atoms with Crippen LogP contribution < -0.4 is 0 Å². The van der Waals surface area contributed by atoms with Gasteiger partial charge in [-0.25, -0.2) is 4.98 Å². The summed E-state index contributed by atoms with van der Waals surface area (Å²) in [5.41, 5.74) is 16.3. The van der Waals surface area contributed by atoms with Crippen LogP contribution in [0.25, 0.3) is 49.6 Å². The molecule has 0 atom stereocenters. The number of fused-ring (bicyclic) bond motifs is 14. The van der Waals surface area contributed by atoms with Crippen LogP contribution >= 0.6 is 0 Å². The topological polar surface area (TPSA) is 17.3 Å². The van der Waals surface area contributed by atoms with E-state index in [9.17, 15) is 0 Å². The van der Waals surface area contributed by atoms with Crippen molar-refractivity contribution in [3.05, 3.63) is 106 Å². The Morgan fingerprint density at radius 3 is 2.24 bits per heavy atom. The second kappa shape index (κ2) is 5.90. The number of aromatic nitrogens is 2. The smallest absolute Gasteiger partial charge is 0.145 e. The fourth-order valence-corrected chi connectivity index (χ4v) is 6.41. The lowest BCUT2D eigenvalue weighted by atomic mass is 9.93. The van der Waals surface area contributed by atoms with Crippen LogP contribution in [0.2, 0.25) is 0 Å². The van der Waals surface area contributed by atoms with E-state index in [0.717, 1.165) is 24.2 Å². The molecule has 2 heteroatoms. The Kier molecular flexibility index (Phi) is 3.15. The standard InChI is InChI=1S/C31H22N2/c1-17-18(2)33-30-25(23-9-5-6-10-26(23)31(33)32-17)14-13-24-27(30)16-21-12-11-20-15-19-7-3-4-8-22(19)28(20)29(21)24/h3-14H,15-16H2,1-2H3. The Morgan fingerprint density at radius 2 is 1.36 bits per heavy atom. The maximum absolute atomic E-state index is 5.02. The Morgan fingerprint density at radius 1 is 0.636 bits per heavy atom. The van der Waals surface area contributed by atoms with E-state index in [1.165, 1.54) is 71.9 Å².